The van der Waals surface area contributed by atoms with Crippen molar-refractivity contribution in [2.75, 3.05) is 38.2 Å². The zero-order chi connectivity index (χ0) is 27.1. The summed E-state index contributed by atoms with van der Waals surface area (Å²) < 4.78 is 5.83. The molecule has 0 spiro atoms. The topological polar surface area (TPSA) is 115 Å². The lowest BCUT2D eigenvalue weighted by molar-refractivity contribution is -0.141. The molecule has 0 radical (unpaired) electrons. The lowest BCUT2D eigenvalue weighted by Crippen LogP contribution is -2.53. The summed E-state index contributed by atoms with van der Waals surface area (Å²) in [6.07, 6.45) is 1.83. The summed E-state index contributed by atoms with van der Waals surface area (Å²) >= 11 is 0. The molecule has 1 saturated heterocycles. The van der Waals surface area contributed by atoms with Gasteiger partial charge >= 0.3 is 11.8 Å². The van der Waals surface area contributed by atoms with E-state index >= 15 is 0 Å². The SMILES string of the molecule is C[C@@H](NC(=O)C(=O)N[C@H]1COc2ccc(C#CC3CCN(CC#N)CC3)cc2N(C)C1=O)c1ccccc1. The normalized spacial score (nSPS) is 18.5. The first-order chi connectivity index (χ1) is 18.4. The molecule has 4 rings (SSSR count). The predicted octanol–water partition coefficient (Wildman–Crippen LogP) is 1.99. The number of rotatable bonds is 4. The molecule has 1 fully saturated rings. The molecule has 38 heavy (non-hydrogen) atoms. The second kappa shape index (κ2) is 12.3. The van der Waals surface area contributed by atoms with E-state index < -0.39 is 23.8 Å². The minimum Gasteiger partial charge on any atom is -0.489 e. The highest BCUT2D eigenvalue weighted by Gasteiger charge is 2.32. The van der Waals surface area contributed by atoms with E-state index in [1.54, 1.807) is 26.1 Å². The average molecular weight is 514 g/mol. The summed E-state index contributed by atoms with van der Waals surface area (Å²) in [7, 11) is 1.61. The number of amides is 3. The van der Waals surface area contributed by atoms with E-state index in [0.29, 0.717) is 18.0 Å². The molecule has 0 saturated carbocycles. The summed E-state index contributed by atoms with van der Waals surface area (Å²) in [6.45, 7) is 3.85. The van der Waals surface area contributed by atoms with E-state index in [1.165, 1.54) is 4.90 Å². The van der Waals surface area contributed by atoms with E-state index in [4.69, 9.17) is 10.00 Å². The minimum absolute atomic E-state index is 0.101. The number of ether oxygens (including phenoxy) is 1. The highest BCUT2D eigenvalue weighted by molar-refractivity contribution is 6.35. The Balaban J connectivity index is 1.37. The third-order valence-corrected chi connectivity index (χ3v) is 6.82. The smallest absolute Gasteiger partial charge is 0.310 e. The monoisotopic (exact) mass is 513 g/mol. The van der Waals surface area contributed by atoms with Crippen LogP contribution in [-0.4, -0.2) is 62.0 Å². The van der Waals surface area contributed by atoms with Crippen molar-refractivity contribution in [2.45, 2.75) is 31.8 Å². The van der Waals surface area contributed by atoms with Gasteiger partial charge in [0.15, 0.2) is 0 Å². The van der Waals surface area contributed by atoms with Gasteiger partial charge in [0.25, 0.3) is 5.91 Å². The molecule has 2 aromatic rings. The van der Waals surface area contributed by atoms with Gasteiger partial charge in [0.05, 0.1) is 24.3 Å². The van der Waals surface area contributed by atoms with Crippen LogP contribution in [0.25, 0.3) is 0 Å². The van der Waals surface area contributed by atoms with Crippen molar-refractivity contribution in [3.05, 3.63) is 59.7 Å². The molecule has 3 amide bonds. The number of nitriles is 1. The standard InChI is InChI=1S/C29H31N5O4/c1-20(23-6-4-3-5-7-23)31-27(35)28(36)32-24-19-38-26-11-10-22(18-25(26)33(2)29(24)37)9-8-21-12-15-34(16-13-21)17-14-30/h3-7,10-11,18,20-21,24H,12-13,15-17,19H2,1-2H3,(H,31,35)(H,32,36)/t20-,24+/m1/s1. The van der Waals surface area contributed by atoms with Gasteiger partial charge in [-0.2, -0.15) is 5.26 Å². The molecule has 9 heteroatoms. The number of piperidine rings is 1. The van der Waals surface area contributed by atoms with E-state index in [0.717, 1.165) is 37.1 Å². The fourth-order valence-electron chi connectivity index (χ4n) is 4.51. The second-order valence-corrected chi connectivity index (χ2v) is 9.50. The number of carbonyl (C=O) groups excluding carboxylic acids is 3. The fourth-order valence-corrected chi connectivity index (χ4v) is 4.51. The molecular weight excluding hydrogens is 482 g/mol. The highest BCUT2D eigenvalue weighted by atomic mass is 16.5. The van der Waals surface area contributed by atoms with Crippen molar-refractivity contribution in [2.24, 2.45) is 5.92 Å². The van der Waals surface area contributed by atoms with Crippen LogP contribution in [0.5, 0.6) is 5.75 Å². The maximum absolute atomic E-state index is 13.1. The molecule has 0 bridgehead atoms. The van der Waals surface area contributed by atoms with Crippen LogP contribution < -0.4 is 20.3 Å². The number of hydrogen-bond acceptors (Lipinski definition) is 6. The number of nitrogens with one attached hydrogen (secondary N) is 2. The van der Waals surface area contributed by atoms with Crippen molar-refractivity contribution < 1.29 is 19.1 Å². The predicted molar refractivity (Wildman–Crippen MR) is 142 cm³/mol. The van der Waals surface area contributed by atoms with Crippen molar-refractivity contribution in [3.63, 3.8) is 0 Å². The summed E-state index contributed by atoms with van der Waals surface area (Å²) in [6, 6.07) is 15.5. The largest absolute Gasteiger partial charge is 0.489 e. The number of anilines is 1. The summed E-state index contributed by atoms with van der Waals surface area (Å²) in [5.74, 6) is 5.16. The highest BCUT2D eigenvalue weighted by Crippen LogP contribution is 2.31. The second-order valence-electron chi connectivity index (χ2n) is 9.50. The zero-order valence-corrected chi connectivity index (χ0v) is 21.6. The number of benzene rings is 2. The van der Waals surface area contributed by atoms with Crippen molar-refractivity contribution >= 4 is 23.4 Å². The fraction of sp³-hybridized carbons (Fsp3) is 0.379. The maximum atomic E-state index is 13.1. The van der Waals surface area contributed by atoms with Crippen molar-refractivity contribution in [1.82, 2.24) is 15.5 Å². The summed E-state index contributed by atoms with van der Waals surface area (Å²) in [5, 5.41) is 14.0. The summed E-state index contributed by atoms with van der Waals surface area (Å²) in [5.41, 5.74) is 2.16. The van der Waals surface area contributed by atoms with Crippen LogP contribution in [0.2, 0.25) is 0 Å². The Bertz CT molecular complexity index is 1290. The first kappa shape index (κ1) is 26.7. The molecule has 2 aliphatic heterocycles. The molecule has 2 aliphatic rings. The molecule has 2 N–H and O–H groups in total. The van der Waals surface area contributed by atoms with Crippen LogP contribution in [-0.2, 0) is 14.4 Å². The van der Waals surface area contributed by atoms with Gasteiger partial charge in [0.2, 0.25) is 0 Å². The number of fused-ring (bicyclic) bond motifs is 1. The Morgan fingerprint density at radius 3 is 2.58 bits per heavy atom. The van der Waals surface area contributed by atoms with Gasteiger partial charge < -0.3 is 20.3 Å². The van der Waals surface area contributed by atoms with Gasteiger partial charge in [-0.05, 0) is 43.5 Å². The van der Waals surface area contributed by atoms with Crippen molar-refractivity contribution in [1.29, 1.82) is 5.26 Å². The molecule has 0 aromatic heterocycles. The van der Waals surface area contributed by atoms with Gasteiger partial charge in [-0.1, -0.05) is 42.2 Å². The average Bonchev–Trinajstić information content (AvgIpc) is 3.05. The van der Waals surface area contributed by atoms with Crippen molar-refractivity contribution in [3.8, 4) is 23.7 Å². The Labute approximate surface area is 222 Å². The maximum Gasteiger partial charge on any atom is 0.310 e. The van der Waals surface area contributed by atoms with Gasteiger partial charge in [-0.15, -0.1) is 0 Å². The molecule has 2 heterocycles. The lowest BCUT2D eigenvalue weighted by Gasteiger charge is -2.27. The van der Waals surface area contributed by atoms with Gasteiger partial charge in [0, 0.05) is 31.6 Å². The Morgan fingerprint density at radius 2 is 1.87 bits per heavy atom. The molecule has 0 unspecified atom stereocenters. The minimum atomic E-state index is -1.02. The Hall–Kier alpha value is -4.34. The molecular formula is C29H31N5O4. The van der Waals surface area contributed by atoms with Crippen LogP contribution in [0.1, 0.15) is 36.9 Å². The number of nitrogens with zero attached hydrogens (tertiary/aromatic N) is 3. The van der Waals surface area contributed by atoms with Gasteiger partial charge in [-0.3, -0.25) is 19.3 Å². The Morgan fingerprint density at radius 1 is 1.13 bits per heavy atom. The molecule has 9 nitrogen and oxygen atoms in total. The van der Waals surface area contributed by atoms with Crippen LogP contribution in [0.15, 0.2) is 48.5 Å². The molecule has 2 aromatic carbocycles. The van der Waals surface area contributed by atoms with Crippen LogP contribution in [0.4, 0.5) is 5.69 Å². The first-order valence-electron chi connectivity index (χ1n) is 12.7. The van der Waals surface area contributed by atoms with Gasteiger partial charge in [-0.25, -0.2) is 0 Å². The van der Waals surface area contributed by atoms with Gasteiger partial charge in [0.1, 0.15) is 18.4 Å². The molecule has 196 valence electrons. The number of hydrogen-bond donors (Lipinski definition) is 2. The van der Waals surface area contributed by atoms with Crippen LogP contribution >= 0.6 is 0 Å². The molecule has 0 aliphatic carbocycles. The molecule has 2 atom stereocenters. The Kier molecular flexibility index (Phi) is 8.62. The lowest BCUT2D eigenvalue weighted by atomic mass is 9.97. The van der Waals surface area contributed by atoms with E-state index in [1.807, 2.05) is 36.4 Å². The number of likely N-dealkylation sites (tertiary alicyclic amines) is 1. The van der Waals surface area contributed by atoms with Crippen LogP contribution in [0, 0.1) is 29.1 Å². The number of likely N-dealkylation sites (N-methyl/N-ethyl adjacent to an activating group) is 1. The summed E-state index contributed by atoms with van der Waals surface area (Å²) in [4.78, 5) is 41.7. The first-order valence-corrected chi connectivity index (χ1v) is 12.7. The van der Waals surface area contributed by atoms with E-state index in [-0.39, 0.29) is 18.6 Å². The quantitative estimate of drug-likeness (QED) is 0.367. The number of carbonyl (C=O) groups is 3. The third-order valence-electron chi connectivity index (χ3n) is 6.82. The van der Waals surface area contributed by atoms with E-state index in [2.05, 4.69) is 33.4 Å². The van der Waals surface area contributed by atoms with Crippen LogP contribution in [0.3, 0.4) is 0 Å². The third kappa shape index (κ3) is 6.50. The van der Waals surface area contributed by atoms with E-state index in [9.17, 15) is 14.4 Å². The zero-order valence-electron chi connectivity index (χ0n) is 21.6.